The van der Waals surface area contributed by atoms with Gasteiger partial charge < -0.3 is 19.2 Å². The molecular formula is C19H21N7O3. The molecular weight excluding hydrogens is 374 g/mol. The van der Waals surface area contributed by atoms with Crippen LogP contribution in [-0.4, -0.2) is 81.3 Å². The summed E-state index contributed by atoms with van der Waals surface area (Å²) in [6.45, 7) is 5.59. The fourth-order valence-electron chi connectivity index (χ4n) is 3.82. The molecule has 2 aromatic heterocycles. The topological polar surface area (TPSA) is 101 Å². The number of hydrogen-bond donors (Lipinski definition) is 0. The number of rotatable bonds is 4. The van der Waals surface area contributed by atoms with E-state index in [1.54, 1.807) is 16.7 Å². The van der Waals surface area contributed by atoms with E-state index in [0.717, 1.165) is 22.9 Å². The van der Waals surface area contributed by atoms with Crippen molar-refractivity contribution in [2.75, 3.05) is 44.2 Å². The zero-order chi connectivity index (χ0) is 20.0. The summed E-state index contributed by atoms with van der Waals surface area (Å²) < 4.78 is 7.47. The van der Waals surface area contributed by atoms with Crippen LogP contribution in [0.1, 0.15) is 13.0 Å². The maximum atomic E-state index is 11.5. The van der Waals surface area contributed by atoms with Gasteiger partial charge in [0, 0.05) is 57.1 Å². The minimum absolute atomic E-state index is 0.0887. The smallest absolute Gasteiger partial charge is 0.266 e. The van der Waals surface area contributed by atoms with Crippen molar-refractivity contribution in [3.05, 3.63) is 24.4 Å². The van der Waals surface area contributed by atoms with Gasteiger partial charge in [-0.05, 0) is 17.3 Å². The van der Waals surface area contributed by atoms with Gasteiger partial charge in [0.05, 0.1) is 17.8 Å². The molecule has 2 amide bonds. The Labute approximate surface area is 166 Å². The molecule has 10 heteroatoms. The lowest BCUT2D eigenvalue weighted by atomic mass is 10.1. The molecule has 0 spiro atoms. The fraction of sp³-hybridized carbons (Fsp3) is 0.421. The number of anilines is 1. The molecule has 3 aromatic rings. The summed E-state index contributed by atoms with van der Waals surface area (Å²) in [5, 5.41) is 9.65. The zero-order valence-electron chi connectivity index (χ0n) is 16.1. The number of hydrogen-bond acceptors (Lipinski definition) is 7. The van der Waals surface area contributed by atoms with Crippen molar-refractivity contribution in [1.29, 1.82) is 0 Å². The van der Waals surface area contributed by atoms with Crippen LogP contribution in [-0.2, 0) is 9.59 Å². The van der Waals surface area contributed by atoms with Crippen LogP contribution < -0.4 is 4.90 Å². The van der Waals surface area contributed by atoms with Crippen LogP contribution in [0.4, 0.5) is 5.95 Å². The van der Waals surface area contributed by atoms with Crippen LogP contribution >= 0.6 is 0 Å². The SMILES string of the molecule is CC(=O)N1CC(n2ncc3ccc(-c4nc(N5CCN(C=O)CC5)no4)cc32)C1. The van der Waals surface area contributed by atoms with Crippen molar-refractivity contribution >= 4 is 29.2 Å². The average molecular weight is 395 g/mol. The van der Waals surface area contributed by atoms with Crippen LogP contribution in [0.3, 0.4) is 0 Å². The van der Waals surface area contributed by atoms with Crippen LogP contribution in [0.2, 0.25) is 0 Å². The van der Waals surface area contributed by atoms with Gasteiger partial charge in [-0.25, -0.2) is 0 Å². The standard InChI is InChI=1S/C19H21N7O3/c1-13(28)25-10-16(11-25)26-17-8-14(2-3-15(17)9-20-26)18-21-19(22-29-18)24-6-4-23(12-27)5-7-24/h2-3,8-9,12,16H,4-7,10-11H2,1H3. The molecule has 29 heavy (non-hydrogen) atoms. The van der Waals surface area contributed by atoms with Gasteiger partial charge in [-0.3, -0.25) is 14.3 Å². The third kappa shape index (κ3) is 3.10. The van der Waals surface area contributed by atoms with Crippen molar-refractivity contribution in [2.24, 2.45) is 0 Å². The number of carbonyl (C=O) groups excluding carboxylic acids is 2. The second-order valence-corrected chi connectivity index (χ2v) is 7.47. The molecule has 0 atom stereocenters. The first-order chi connectivity index (χ1) is 14.1. The minimum atomic E-state index is 0.0887. The maximum absolute atomic E-state index is 11.5. The molecule has 2 aliphatic heterocycles. The molecule has 0 radical (unpaired) electrons. The summed E-state index contributed by atoms with van der Waals surface area (Å²) in [6.07, 6.45) is 2.70. The van der Waals surface area contributed by atoms with Gasteiger partial charge in [-0.15, -0.1) is 0 Å². The van der Waals surface area contributed by atoms with Crippen molar-refractivity contribution in [1.82, 2.24) is 29.7 Å². The highest BCUT2D eigenvalue weighted by Crippen LogP contribution is 2.29. The molecule has 150 valence electrons. The number of nitrogens with zero attached hydrogens (tertiary/aromatic N) is 7. The Morgan fingerprint density at radius 3 is 2.72 bits per heavy atom. The van der Waals surface area contributed by atoms with E-state index < -0.39 is 0 Å². The monoisotopic (exact) mass is 395 g/mol. The highest BCUT2D eigenvalue weighted by Gasteiger charge is 2.31. The quantitative estimate of drug-likeness (QED) is 0.602. The van der Waals surface area contributed by atoms with E-state index >= 15 is 0 Å². The molecule has 10 nitrogen and oxygen atoms in total. The summed E-state index contributed by atoms with van der Waals surface area (Å²) in [4.78, 5) is 32.4. The molecule has 0 unspecified atom stereocenters. The van der Waals surface area contributed by atoms with Crippen LogP contribution in [0, 0.1) is 0 Å². The summed E-state index contributed by atoms with van der Waals surface area (Å²) >= 11 is 0. The molecule has 0 bridgehead atoms. The van der Waals surface area contributed by atoms with Crippen molar-refractivity contribution in [3.8, 4) is 11.5 Å². The molecule has 2 fully saturated rings. The first-order valence-corrected chi connectivity index (χ1v) is 9.63. The molecule has 0 saturated carbocycles. The highest BCUT2D eigenvalue weighted by atomic mass is 16.5. The Balaban J connectivity index is 1.37. The Hall–Kier alpha value is -3.43. The molecule has 0 aliphatic carbocycles. The predicted octanol–water partition coefficient (Wildman–Crippen LogP) is 0.768. The van der Waals surface area contributed by atoms with Crippen molar-refractivity contribution in [2.45, 2.75) is 13.0 Å². The van der Waals surface area contributed by atoms with Crippen LogP contribution in [0.5, 0.6) is 0 Å². The normalized spacial score (nSPS) is 17.6. The van der Waals surface area contributed by atoms with Gasteiger partial charge in [-0.2, -0.15) is 10.1 Å². The fourth-order valence-corrected chi connectivity index (χ4v) is 3.82. The second kappa shape index (κ2) is 6.87. The van der Waals surface area contributed by atoms with E-state index in [1.807, 2.05) is 34.0 Å². The third-order valence-electron chi connectivity index (χ3n) is 5.66. The summed E-state index contributed by atoms with van der Waals surface area (Å²) in [7, 11) is 0. The Morgan fingerprint density at radius 2 is 2.00 bits per heavy atom. The lowest BCUT2D eigenvalue weighted by molar-refractivity contribution is -0.134. The van der Waals surface area contributed by atoms with Crippen LogP contribution in [0.15, 0.2) is 28.9 Å². The van der Waals surface area contributed by atoms with Gasteiger partial charge in [0.1, 0.15) is 0 Å². The Kier molecular flexibility index (Phi) is 4.18. The van der Waals surface area contributed by atoms with E-state index in [-0.39, 0.29) is 11.9 Å². The molecule has 1 aromatic carbocycles. The molecule has 0 N–H and O–H groups in total. The number of aromatic nitrogens is 4. The van der Waals surface area contributed by atoms with E-state index in [1.165, 1.54) is 0 Å². The van der Waals surface area contributed by atoms with Crippen LogP contribution in [0.25, 0.3) is 22.4 Å². The van der Waals surface area contributed by atoms with Gasteiger partial charge in [0.25, 0.3) is 11.8 Å². The summed E-state index contributed by atoms with van der Waals surface area (Å²) in [6, 6.07) is 6.11. The predicted molar refractivity (Wildman–Crippen MR) is 104 cm³/mol. The largest absolute Gasteiger partial charge is 0.342 e. The summed E-state index contributed by atoms with van der Waals surface area (Å²) in [5.74, 6) is 1.08. The van der Waals surface area contributed by atoms with Gasteiger partial charge in [-0.1, -0.05) is 6.07 Å². The molecule has 4 heterocycles. The molecule has 5 rings (SSSR count). The highest BCUT2D eigenvalue weighted by molar-refractivity contribution is 5.83. The molecule has 2 saturated heterocycles. The van der Waals surface area contributed by atoms with Gasteiger partial charge in [0.2, 0.25) is 12.3 Å². The number of fused-ring (bicyclic) bond motifs is 1. The van der Waals surface area contributed by atoms with E-state index in [4.69, 9.17) is 4.52 Å². The second-order valence-electron chi connectivity index (χ2n) is 7.47. The number of amides is 2. The van der Waals surface area contributed by atoms with E-state index in [0.29, 0.717) is 51.1 Å². The number of piperazine rings is 1. The van der Waals surface area contributed by atoms with Gasteiger partial charge in [0.15, 0.2) is 0 Å². The zero-order valence-corrected chi connectivity index (χ0v) is 16.1. The first kappa shape index (κ1) is 17.7. The first-order valence-electron chi connectivity index (χ1n) is 9.63. The Morgan fingerprint density at radius 1 is 1.21 bits per heavy atom. The third-order valence-corrected chi connectivity index (χ3v) is 5.66. The number of benzene rings is 1. The lowest BCUT2D eigenvalue weighted by Gasteiger charge is -2.38. The maximum Gasteiger partial charge on any atom is 0.266 e. The van der Waals surface area contributed by atoms with E-state index in [9.17, 15) is 9.59 Å². The average Bonchev–Trinajstić information content (AvgIpc) is 3.34. The van der Waals surface area contributed by atoms with Gasteiger partial charge >= 0.3 is 0 Å². The molecule has 2 aliphatic rings. The lowest BCUT2D eigenvalue weighted by Crippen LogP contribution is -2.50. The minimum Gasteiger partial charge on any atom is -0.342 e. The van der Waals surface area contributed by atoms with Crippen molar-refractivity contribution in [3.63, 3.8) is 0 Å². The number of carbonyl (C=O) groups is 2. The van der Waals surface area contributed by atoms with Crippen molar-refractivity contribution < 1.29 is 14.1 Å². The Bertz CT molecular complexity index is 1060. The summed E-state index contributed by atoms with van der Waals surface area (Å²) in [5.41, 5.74) is 1.81. The van der Waals surface area contributed by atoms with E-state index in [2.05, 4.69) is 15.2 Å². The number of likely N-dealkylation sites (tertiary alicyclic amines) is 1.